The zero-order valence-corrected chi connectivity index (χ0v) is 11.1. The molecule has 1 aromatic heterocycles. The third-order valence-corrected chi connectivity index (χ3v) is 4.06. The molecule has 1 aliphatic carbocycles. The molecule has 1 heterocycles. The van der Waals surface area contributed by atoms with Gasteiger partial charge >= 0.3 is 0 Å². The summed E-state index contributed by atoms with van der Waals surface area (Å²) in [4.78, 5) is 12.1. The summed E-state index contributed by atoms with van der Waals surface area (Å²) in [7, 11) is 0. The molecular formula is C15H19N3O. The van der Waals surface area contributed by atoms with E-state index in [4.69, 9.17) is 0 Å². The van der Waals surface area contributed by atoms with E-state index in [0.29, 0.717) is 11.5 Å². The standard InChI is InChI=1S/C15H19N3O/c1-10-2-3-11(6-10)8-16-15(19)12-4-5-13-9-17-18-14(13)7-12/h4-5,7,9-11H,2-3,6,8H2,1H3,(H,16,19)(H,17,18). The molecule has 1 fully saturated rings. The molecule has 2 N–H and O–H groups in total. The van der Waals surface area contributed by atoms with E-state index in [1.54, 1.807) is 6.20 Å². The van der Waals surface area contributed by atoms with Gasteiger partial charge in [0.15, 0.2) is 0 Å². The Hall–Kier alpha value is -1.84. The van der Waals surface area contributed by atoms with Gasteiger partial charge < -0.3 is 5.32 Å². The minimum Gasteiger partial charge on any atom is -0.352 e. The zero-order valence-electron chi connectivity index (χ0n) is 11.1. The Morgan fingerprint density at radius 1 is 1.47 bits per heavy atom. The number of carbonyl (C=O) groups excluding carboxylic acids is 1. The minimum absolute atomic E-state index is 0.0102. The number of fused-ring (bicyclic) bond motifs is 1. The van der Waals surface area contributed by atoms with Gasteiger partial charge in [0.1, 0.15) is 0 Å². The SMILES string of the molecule is CC1CCC(CNC(=O)c2ccc3cn[nH]c3c2)C1. The predicted octanol–water partition coefficient (Wildman–Crippen LogP) is 2.73. The number of carbonyl (C=O) groups is 1. The normalized spacial score (nSPS) is 22.8. The Labute approximate surface area is 112 Å². The van der Waals surface area contributed by atoms with Crippen LogP contribution in [0.15, 0.2) is 24.4 Å². The lowest BCUT2D eigenvalue weighted by atomic mass is 10.1. The fraction of sp³-hybridized carbons (Fsp3) is 0.467. The lowest BCUT2D eigenvalue weighted by molar-refractivity contribution is 0.0947. The van der Waals surface area contributed by atoms with E-state index in [2.05, 4.69) is 22.4 Å². The van der Waals surface area contributed by atoms with Gasteiger partial charge in [-0.05, 0) is 36.8 Å². The van der Waals surface area contributed by atoms with Crippen LogP contribution in [0.4, 0.5) is 0 Å². The number of aromatic amines is 1. The molecule has 2 unspecified atom stereocenters. The van der Waals surface area contributed by atoms with E-state index in [-0.39, 0.29) is 5.91 Å². The zero-order chi connectivity index (χ0) is 13.2. The summed E-state index contributed by atoms with van der Waals surface area (Å²) in [6.45, 7) is 3.08. The number of benzene rings is 1. The molecule has 0 spiro atoms. The highest BCUT2D eigenvalue weighted by Crippen LogP contribution is 2.29. The van der Waals surface area contributed by atoms with E-state index in [0.717, 1.165) is 23.4 Å². The minimum atomic E-state index is 0.0102. The number of rotatable bonds is 3. The van der Waals surface area contributed by atoms with Gasteiger partial charge in [0.2, 0.25) is 0 Å². The second-order valence-corrected chi connectivity index (χ2v) is 5.67. The van der Waals surface area contributed by atoms with Crippen LogP contribution in [-0.4, -0.2) is 22.6 Å². The summed E-state index contributed by atoms with van der Waals surface area (Å²) in [5, 5.41) is 10.9. The van der Waals surface area contributed by atoms with Crippen molar-refractivity contribution in [3.05, 3.63) is 30.0 Å². The second-order valence-electron chi connectivity index (χ2n) is 5.67. The molecular weight excluding hydrogens is 238 g/mol. The van der Waals surface area contributed by atoms with Crippen molar-refractivity contribution in [3.8, 4) is 0 Å². The van der Waals surface area contributed by atoms with Gasteiger partial charge in [-0.15, -0.1) is 0 Å². The molecule has 0 radical (unpaired) electrons. The van der Waals surface area contributed by atoms with Crippen molar-refractivity contribution >= 4 is 16.8 Å². The molecule has 0 bridgehead atoms. The molecule has 100 valence electrons. The van der Waals surface area contributed by atoms with Crippen LogP contribution < -0.4 is 5.32 Å². The third-order valence-electron chi connectivity index (χ3n) is 4.06. The van der Waals surface area contributed by atoms with Crippen molar-refractivity contribution in [3.63, 3.8) is 0 Å². The Morgan fingerprint density at radius 3 is 3.16 bits per heavy atom. The first-order chi connectivity index (χ1) is 9.22. The quantitative estimate of drug-likeness (QED) is 0.888. The summed E-state index contributed by atoms with van der Waals surface area (Å²) >= 11 is 0. The average molecular weight is 257 g/mol. The van der Waals surface area contributed by atoms with Crippen molar-refractivity contribution in [2.45, 2.75) is 26.2 Å². The van der Waals surface area contributed by atoms with E-state index >= 15 is 0 Å². The van der Waals surface area contributed by atoms with Crippen LogP contribution in [0.1, 0.15) is 36.5 Å². The van der Waals surface area contributed by atoms with Gasteiger partial charge in [-0.2, -0.15) is 5.10 Å². The first-order valence-electron chi connectivity index (χ1n) is 6.93. The fourth-order valence-electron chi connectivity index (χ4n) is 2.93. The Bertz CT molecular complexity index is 590. The molecule has 4 nitrogen and oxygen atoms in total. The first-order valence-corrected chi connectivity index (χ1v) is 6.93. The monoisotopic (exact) mass is 257 g/mol. The van der Waals surface area contributed by atoms with Crippen molar-refractivity contribution < 1.29 is 4.79 Å². The molecule has 1 aromatic carbocycles. The van der Waals surface area contributed by atoms with Crippen molar-refractivity contribution in [1.82, 2.24) is 15.5 Å². The molecule has 0 aliphatic heterocycles. The number of nitrogens with one attached hydrogen (secondary N) is 2. The maximum absolute atomic E-state index is 12.1. The number of nitrogens with zero attached hydrogens (tertiary/aromatic N) is 1. The summed E-state index contributed by atoms with van der Waals surface area (Å²) in [6, 6.07) is 5.63. The number of aromatic nitrogens is 2. The maximum Gasteiger partial charge on any atom is 0.251 e. The van der Waals surface area contributed by atoms with Crippen LogP contribution in [0, 0.1) is 11.8 Å². The van der Waals surface area contributed by atoms with Gasteiger partial charge in [-0.1, -0.05) is 19.4 Å². The third kappa shape index (κ3) is 2.62. The summed E-state index contributed by atoms with van der Waals surface area (Å²) in [5.41, 5.74) is 1.60. The van der Waals surface area contributed by atoms with Crippen LogP contribution in [-0.2, 0) is 0 Å². The Kier molecular flexibility index (Phi) is 3.23. The molecule has 1 amide bonds. The topological polar surface area (TPSA) is 57.8 Å². The molecule has 4 heteroatoms. The van der Waals surface area contributed by atoms with Gasteiger partial charge in [-0.25, -0.2) is 0 Å². The van der Waals surface area contributed by atoms with E-state index in [9.17, 15) is 4.79 Å². The predicted molar refractivity (Wildman–Crippen MR) is 74.9 cm³/mol. The van der Waals surface area contributed by atoms with Crippen LogP contribution in [0.3, 0.4) is 0 Å². The molecule has 19 heavy (non-hydrogen) atoms. The lowest BCUT2D eigenvalue weighted by Gasteiger charge is -2.11. The fourth-order valence-corrected chi connectivity index (χ4v) is 2.93. The number of hydrogen-bond donors (Lipinski definition) is 2. The van der Waals surface area contributed by atoms with Crippen LogP contribution in [0.5, 0.6) is 0 Å². The van der Waals surface area contributed by atoms with Crippen molar-refractivity contribution in [2.75, 3.05) is 6.54 Å². The van der Waals surface area contributed by atoms with E-state index < -0.39 is 0 Å². The Morgan fingerprint density at radius 2 is 2.37 bits per heavy atom. The van der Waals surface area contributed by atoms with Crippen molar-refractivity contribution in [1.29, 1.82) is 0 Å². The maximum atomic E-state index is 12.1. The summed E-state index contributed by atoms with van der Waals surface area (Å²) in [6.07, 6.45) is 5.53. The van der Waals surface area contributed by atoms with Gasteiger partial charge in [0.25, 0.3) is 5.91 Å². The molecule has 0 saturated heterocycles. The summed E-state index contributed by atoms with van der Waals surface area (Å²) < 4.78 is 0. The van der Waals surface area contributed by atoms with Gasteiger partial charge in [0.05, 0.1) is 11.7 Å². The molecule has 3 rings (SSSR count). The average Bonchev–Trinajstić information content (AvgIpc) is 3.03. The van der Waals surface area contributed by atoms with Gasteiger partial charge in [-0.3, -0.25) is 9.89 Å². The van der Waals surface area contributed by atoms with Gasteiger partial charge in [0, 0.05) is 17.5 Å². The molecule has 1 aliphatic rings. The van der Waals surface area contributed by atoms with E-state index in [1.807, 2.05) is 18.2 Å². The van der Waals surface area contributed by atoms with E-state index in [1.165, 1.54) is 19.3 Å². The smallest absolute Gasteiger partial charge is 0.251 e. The number of amides is 1. The highest BCUT2D eigenvalue weighted by atomic mass is 16.1. The second kappa shape index (κ2) is 5.03. The van der Waals surface area contributed by atoms with Crippen LogP contribution in [0.2, 0.25) is 0 Å². The molecule has 2 atom stereocenters. The first kappa shape index (κ1) is 12.2. The number of hydrogen-bond acceptors (Lipinski definition) is 2. The number of H-pyrrole nitrogens is 1. The van der Waals surface area contributed by atoms with Crippen LogP contribution >= 0.6 is 0 Å². The largest absolute Gasteiger partial charge is 0.352 e. The summed E-state index contributed by atoms with van der Waals surface area (Å²) in [5.74, 6) is 1.47. The van der Waals surface area contributed by atoms with Crippen LogP contribution in [0.25, 0.3) is 10.9 Å². The molecule has 2 aromatic rings. The Balaban J connectivity index is 1.63. The van der Waals surface area contributed by atoms with Crippen molar-refractivity contribution in [2.24, 2.45) is 11.8 Å². The highest BCUT2D eigenvalue weighted by Gasteiger charge is 2.21. The highest BCUT2D eigenvalue weighted by molar-refractivity contribution is 5.97. The molecule has 1 saturated carbocycles. The lowest BCUT2D eigenvalue weighted by Crippen LogP contribution is -2.28.